The molecule has 0 saturated heterocycles. The molecule has 1 aromatic heterocycles. The summed E-state index contributed by atoms with van der Waals surface area (Å²) in [7, 11) is 0. The second-order valence-corrected chi connectivity index (χ2v) is 4.00. The van der Waals surface area contributed by atoms with E-state index in [4.69, 9.17) is 4.74 Å². The van der Waals surface area contributed by atoms with Crippen LogP contribution in [0.15, 0.2) is 35.2 Å². The molecular weight excluding hydrogens is 309 g/mol. The van der Waals surface area contributed by atoms with E-state index in [-0.39, 0.29) is 11.6 Å². The van der Waals surface area contributed by atoms with Crippen LogP contribution in [0.5, 0.6) is 11.6 Å². The van der Waals surface area contributed by atoms with Crippen LogP contribution in [-0.2, 0) is 0 Å². The maximum Gasteiger partial charge on any atom is 0.305 e. The minimum atomic E-state index is -0.970. The number of hydrogen-bond donors (Lipinski definition) is 0. The van der Waals surface area contributed by atoms with Crippen molar-refractivity contribution in [2.24, 2.45) is 0 Å². The van der Waals surface area contributed by atoms with Crippen molar-refractivity contribution in [3.05, 3.63) is 51.1 Å². The van der Waals surface area contributed by atoms with Crippen LogP contribution in [0.2, 0.25) is 0 Å². The summed E-state index contributed by atoms with van der Waals surface area (Å²) < 4.78 is 19.1. The van der Waals surface area contributed by atoms with E-state index in [9.17, 15) is 14.5 Å². The average Bonchev–Trinajstić information content (AvgIpc) is 2.32. The van der Waals surface area contributed by atoms with Crippen LogP contribution in [-0.4, -0.2) is 14.9 Å². The lowest BCUT2D eigenvalue weighted by molar-refractivity contribution is -0.387. The Morgan fingerprint density at radius 3 is 2.83 bits per heavy atom. The molecule has 0 amide bonds. The second-order valence-electron chi connectivity index (χ2n) is 3.15. The first-order chi connectivity index (χ1) is 8.58. The van der Waals surface area contributed by atoms with Gasteiger partial charge >= 0.3 is 5.69 Å². The summed E-state index contributed by atoms with van der Waals surface area (Å²) in [4.78, 5) is 17.2. The first kappa shape index (κ1) is 12.4. The smallest absolute Gasteiger partial charge is 0.305 e. The number of rotatable bonds is 3. The van der Waals surface area contributed by atoms with Gasteiger partial charge < -0.3 is 4.74 Å². The number of hydrogen-bond acceptors (Lipinski definition) is 5. The minimum absolute atomic E-state index is 0.109. The van der Waals surface area contributed by atoms with Crippen molar-refractivity contribution in [3.8, 4) is 11.6 Å². The third-order valence-corrected chi connectivity index (χ3v) is 2.51. The van der Waals surface area contributed by atoms with Crippen molar-refractivity contribution in [1.82, 2.24) is 9.97 Å². The Hall–Kier alpha value is -2.09. The Balaban J connectivity index is 2.29. The molecular formula is C10H5BrFN3O3. The predicted octanol–water partition coefficient (Wildman–Crippen LogP) is 3.08. The van der Waals surface area contributed by atoms with Gasteiger partial charge in [-0.3, -0.25) is 10.1 Å². The van der Waals surface area contributed by atoms with Crippen molar-refractivity contribution >= 4 is 21.6 Å². The highest BCUT2D eigenvalue weighted by Crippen LogP contribution is 2.28. The van der Waals surface area contributed by atoms with E-state index in [0.29, 0.717) is 4.47 Å². The number of benzene rings is 1. The molecule has 0 aliphatic rings. The van der Waals surface area contributed by atoms with Crippen molar-refractivity contribution in [1.29, 1.82) is 0 Å². The molecule has 0 aliphatic carbocycles. The zero-order chi connectivity index (χ0) is 13.1. The van der Waals surface area contributed by atoms with Crippen molar-refractivity contribution in [2.75, 3.05) is 0 Å². The van der Waals surface area contributed by atoms with E-state index in [1.165, 1.54) is 18.6 Å². The van der Waals surface area contributed by atoms with Gasteiger partial charge in [0.1, 0.15) is 12.1 Å². The molecule has 0 atom stereocenters. The van der Waals surface area contributed by atoms with Crippen LogP contribution in [0.3, 0.4) is 0 Å². The number of halogens is 2. The quantitative estimate of drug-likeness (QED) is 0.642. The molecule has 6 nitrogen and oxygen atoms in total. The van der Waals surface area contributed by atoms with Crippen molar-refractivity contribution in [2.45, 2.75) is 0 Å². The number of aromatic nitrogens is 2. The zero-order valence-electron chi connectivity index (χ0n) is 8.71. The molecule has 8 heteroatoms. The highest BCUT2D eigenvalue weighted by atomic mass is 79.9. The third kappa shape index (κ3) is 2.59. The Morgan fingerprint density at radius 2 is 2.22 bits per heavy atom. The molecule has 1 aromatic carbocycles. The number of nitro benzene ring substituents is 1. The summed E-state index contributed by atoms with van der Waals surface area (Å²) in [5, 5.41) is 10.4. The molecule has 0 N–H and O–H groups in total. The standard InChI is InChI=1S/C10H5BrFN3O3/c11-7-4-13-5-14-10(7)18-6-1-2-9(15(16)17)8(12)3-6/h1-5H. The van der Waals surface area contributed by atoms with Crippen LogP contribution < -0.4 is 4.74 Å². The van der Waals surface area contributed by atoms with E-state index in [1.807, 2.05) is 0 Å². The molecule has 2 rings (SSSR count). The molecule has 2 aromatic rings. The molecule has 1 heterocycles. The molecule has 92 valence electrons. The Labute approximate surface area is 109 Å². The summed E-state index contributed by atoms with van der Waals surface area (Å²) in [6.45, 7) is 0. The van der Waals surface area contributed by atoms with E-state index >= 15 is 0 Å². The molecule has 18 heavy (non-hydrogen) atoms. The number of nitrogens with zero attached hydrogens (tertiary/aromatic N) is 3. The highest BCUT2D eigenvalue weighted by molar-refractivity contribution is 9.10. The fourth-order valence-corrected chi connectivity index (χ4v) is 1.49. The van der Waals surface area contributed by atoms with Crippen molar-refractivity contribution < 1.29 is 14.1 Å². The van der Waals surface area contributed by atoms with Gasteiger partial charge in [-0.25, -0.2) is 9.97 Å². The summed E-state index contributed by atoms with van der Waals surface area (Å²) in [6, 6.07) is 3.24. The Morgan fingerprint density at radius 1 is 1.44 bits per heavy atom. The third-order valence-electron chi connectivity index (χ3n) is 1.96. The van der Waals surface area contributed by atoms with Gasteiger partial charge in [0.15, 0.2) is 0 Å². The topological polar surface area (TPSA) is 78.2 Å². The highest BCUT2D eigenvalue weighted by Gasteiger charge is 2.15. The van der Waals surface area contributed by atoms with E-state index in [2.05, 4.69) is 25.9 Å². The molecule has 0 bridgehead atoms. The maximum atomic E-state index is 13.3. The number of nitro groups is 1. The second kappa shape index (κ2) is 5.05. The summed E-state index contributed by atoms with van der Waals surface area (Å²) in [6.07, 6.45) is 2.73. The average molecular weight is 314 g/mol. The molecule has 0 saturated carbocycles. The lowest BCUT2D eigenvalue weighted by Gasteiger charge is -2.05. The Kier molecular flexibility index (Phi) is 3.47. The first-order valence-corrected chi connectivity index (χ1v) is 5.44. The van der Waals surface area contributed by atoms with Crippen LogP contribution in [0.25, 0.3) is 0 Å². The molecule has 0 spiro atoms. The van der Waals surface area contributed by atoms with E-state index in [0.717, 1.165) is 12.1 Å². The van der Waals surface area contributed by atoms with E-state index in [1.54, 1.807) is 0 Å². The fraction of sp³-hybridized carbons (Fsp3) is 0. The summed E-state index contributed by atoms with van der Waals surface area (Å²) in [5.41, 5.74) is -0.607. The summed E-state index contributed by atoms with van der Waals surface area (Å²) in [5.74, 6) is -0.668. The van der Waals surface area contributed by atoms with Gasteiger partial charge in [0, 0.05) is 18.3 Å². The molecule has 0 unspecified atom stereocenters. The van der Waals surface area contributed by atoms with Crippen LogP contribution in [0, 0.1) is 15.9 Å². The zero-order valence-corrected chi connectivity index (χ0v) is 10.3. The SMILES string of the molecule is O=[N+]([O-])c1ccc(Oc2ncncc2Br)cc1F. The first-order valence-electron chi connectivity index (χ1n) is 4.65. The fourth-order valence-electron chi connectivity index (χ4n) is 1.19. The Bertz CT molecular complexity index is 609. The predicted molar refractivity (Wildman–Crippen MR) is 62.9 cm³/mol. The minimum Gasteiger partial charge on any atom is -0.438 e. The largest absolute Gasteiger partial charge is 0.438 e. The van der Waals surface area contributed by atoms with Gasteiger partial charge in [-0.05, 0) is 22.0 Å². The molecule has 0 fully saturated rings. The van der Waals surface area contributed by atoms with Gasteiger partial charge in [0.25, 0.3) is 0 Å². The van der Waals surface area contributed by atoms with Crippen molar-refractivity contribution in [3.63, 3.8) is 0 Å². The lowest BCUT2D eigenvalue weighted by atomic mass is 10.3. The van der Waals surface area contributed by atoms with Gasteiger partial charge in [0.2, 0.25) is 11.7 Å². The molecule has 0 aliphatic heterocycles. The van der Waals surface area contributed by atoms with Crippen LogP contribution >= 0.6 is 15.9 Å². The van der Waals surface area contributed by atoms with Gasteiger partial charge in [-0.1, -0.05) is 0 Å². The molecule has 0 radical (unpaired) electrons. The lowest BCUT2D eigenvalue weighted by Crippen LogP contribution is -1.94. The number of ether oxygens (including phenoxy) is 1. The summed E-state index contributed by atoms with van der Waals surface area (Å²) >= 11 is 3.16. The normalized spacial score (nSPS) is 10.1. The van der Waals surface area contributed by atoms with Gasteiger partial charge in [-0.15, -0.1) is 0 Å². The van der Waals surface area contributed by atoms with E-state index < -0.39 is 16.4 Å². The maximum absolute atomic E-state index is 13.3. The monoisotopic (exact) mass is 313 g/mol. The van der Waals surface area contributed by atoms with Gasteiger partial charge in [-0.2, -0.15) is 4.39 Å². The van der Waals surface area contributed by atoms with Crippen LogP contribution in [0.4, 0.5) is 10.1 Å². The van der Waals surface area contributed by atoms with Gasteiger partial charge in [0.05, 0.1) is 9.40 Å². The van der Waals surface area contributed by atoms with Crippen LogP contribution in [0.1, 0.15) is 0 Å².